The van der Waals surface area contributed by atoms with Gasteiger partial charge in [0.2, 0.25) is 5.91 Å². The van der Waals surface area contributed by atoms with Crippen LogP contribution in [0.15, 0.2) is 22.7 Å². The van der Waals surface area contributed by atoms with Crippen LogP contribution in [-0.2, 0) is 11.2 Å². The molecule has 1 aromatic carbocycles. The van der Waals surface area contributed by atoms with Crippen molar-refractivity contribution in [1.29, 1.82) is 0 Å². The van der Waals surface area contributed by atoms with Crippen LogP contribution in [0.4, 0.5) is 5.69 Å². The van der Waals surface area contributed by atoms with Crippen molar-refractivity contribution in [3.63, 3.8) is 0 Å². The van der Waals surface area contributed by atoms with E-state index in [2.05, 4.69) is 44.2 Å². The number of aromatic nitrogens is 1. The number of rotatable bonds is 7. The van der Waals surface area contributed by atoms with Gasteiger partial charge in [0, 0.05) is 30.0 Å². The van der Waals surface area contributed by atoms with Crippen molar-refractivity contribution in [2.24, 2.45) is 11.3 Å². The number of amides is 1. The lowest BCUT2D eigenvalue weighted by Gasteiger charge is -2.38. The van der Waals surface area contributed by atoms with Gasteiger partial charge in [-0.1, -0.05) is 43.6 Å². The number of carbonyl (C=O) groups is 1. The lowest BCUT2D eigenvalue weighted by atomic mass is 9.67. The molecule has 2 aromatic rings. The molecule has 30 heavy (non-hydrogen) atoms. The van der Waals surface area contributed by atoms with Crippen LogP contribution in [0.25, 0.3) is 0 Å². The number of aryl methyl sites for hydroxylation is 3. The van der Waals surface area contributed by atoms with Crippen LogP contribution < -0.4 is 5.32 Å². The maximum Gasteiger partial charge on any atom is 0.224 e. The van der Waals surface area contributed by atoms with Gasteiger partial charge >= 0.3 is 0 Å². The molecule has 1 amide bonds. The summed E-state index contributed by atoms with van der Waals surface area (Å²) >= 11 is 0. The molecule has 1 N–H and O–H groups in total. The average Bonchev–Trinajstić information content (AvgIpc) is 3.37. The molecule has 4 nitrogen and oxygen atoms in total. The fraction of sp³-hybridized carbons (Fsp3) is 0.615. The van der Waals surface area contributed by atoms with Crippen LogP contribution >= 0.6 is 0 Å². The summed E-state index contributed by atoms with van der Waals surface area (Å²) in [5, 5.41) is 7.49. The summed E-state index contributed by atoms with van der Waals surface area (Å²) in [6, 6.07) is 6.11. The Labute approximate surface area is 180 Å². The second-order valence-corrected chi connectivity index (χ2v) is 10.8. The Morgan fingerprint density at radius 1 is 1.17 bits per heavy atom. The minimum Gasteiger partial charge on any atom is -0.361 e. The molecule has 4 heteroatoms. The largest absolute Gasteiger partial charge is 0.361 e. The summed E-state index contributed by atoms with van der Waals surface area (Å²) in [5.74, 6) is 3.11. The van der Waals surface area contributed by atoms with Gasteiger partial charge in [-0.15, -0.1) is 0 Å². The molecule has 1 heterocycles. The summed E-state index contributed by atoms with van der Waals surface area (Å²) < 4.78 is 5.88. The summed E-state index contributed by atoms with van der Waals surface area (Å²) in [5.41, 5.74) is 5.95. The van der Waals surface area contributed by atoms with Gasteiger partial charge in [-0.2, -0.15) is 0 Å². The summed E-state index contributed by atoms with van der Waals surface area (Å²) in [6.45, 7) is 11.1. The van der Waals surface area contributed by atoms with Crippen LogP contribution in [0, 0.1) is 25.2 Å². The number of anilines is 1. The molecular formula is C26H36N2O2. The van der Waals surface area contributed by atoms with E-state index in [9.17, 15) is 4.79 Å². The Bertz CT molecular complexity index is 912. The minimum atomic E-state index is 0.0436. The van der Waals surface area contributed by atoms with E-state index in [0.29, 0.717) is 30.1 Å². The van der Waals surface area contributed by atoms with Crippen LogP contribution in [0.1, 0.15) is 99.3 Å². The molecule has 0 saturated heterocycles. The van der Waals surface area contributed by atoms with Gasteiger partial charge in [-0.05, 0) is 74.8 Å². The first kappa shape index (κ1) is 21.1. The van der Waals surface area contributed by atoms with Crippen molar-refractivity contribution in [2.75, 3.05) is 5.32 Å². The van der Waals surface area contributed by atoms with Crippen LogP contribution in [0.3, 0.4) is 0 Å². The summed E-state index contributed by atoms with van der Waals surface area (Å²) in [6.07, 6.45) is 7.28. The quantitative estimate of drug-likeness (QED) is 0.556. The molecule has 0 unspecified atom stereocenters. The molecule has 4 rings (SSSR count). The Kier molecular flexibility index (Phi) is 5.78. The Hall–Kier alpha value is -2.10. The van der Waals surface area contributed by atoms with Gasteiger partial charge in [-0.25, -0.2) is 0 Å². The lowest BCUT2D eigenvalue weighted by molar-refractivity contribution is -0.116. The zero-order chi connectivity index (χ0) is 21.5. The normalized spacial score (nSPS) is 21.4. The first-order valence-corrected chi connectivity index (χ1v) is 11.5. The summed E-state index contributed by atoms with van der Waals surface area (Å²) in [4.78, 5) is 12.5. The highest BCUT2D eigenvalue weighted by molar-refractivity contribution is 5.91. The maximum absolute atomic E-state index is 12.5. The van der Waals surface area contributed by atoms with Gasteiger partial charge in [0.05, 0.1) is 5.69 Å². The third-order valence-corrected chi connectivity index (χ3v) is 6.57. The maximum atomic E-state index is 12.5. The van der Waals surface area contributed by atoms with Crippen LogP contribution in [-0.4, -0.2) is 11.1 Å². The highest BCUT2D eigenvalue weighted by Gasteiger charge is 2.40. The number of nitrogens with zero attached hydrogens (tertiary/aromatic N) is 1. The van der Waals surface area contributed by atoms with E-state index >= 15 is 0 Å². The van der Waals surface area contributed by atoms with E-state index < -0.39 is 0 Å². The first-order chi connectivity index (χ1) is 14.2. The third-order valence-electron chi connectivity index (χ3n) is 6.57. The highest BCUT2D eigenvalue weighted by Crippen LogP contribution is 2.52. The van der Waals surface area contributed by atoms with E-state index in [4.69, 9.17) is 4.52 Å². The minimum absolute atomic E-state index is 0.0436. The van der Waals surface area contributed by atoms with Gasteiger partial charge in [0.15, 0.2) is 0 Å². The smallest absolute Gasteiger partial charge is 0.224 e. The van der Waals surface area contributed by atoms with E-state index in [1.54, 1.807) is 0 Å². The molecule has 1 aromatic heterocycles. The zero-order valence-corrected chi connectivity index (χ0v) is 19.2. The molecule has 0 spiro atoms. The number of hydrogen-bond donors (Lipinski definition) is 1. The SMILES string of the molecule is Cc1ccc(NC(=O)CCc2noc(C3CC(CC(C)(C)C)C3)c2C2CC2)c(C)c1. The standard InChI is InChI=1S/C26H36N2O2/c1-16-6-9-21(17(2)12-16)27-23(29)11-10-22-24(19-7-8-19)25(30-28-22)20-13-18(14-20)15-26(3,4)5/h6,9,12,18-20H,7-8,10-11,13-15H2,1-5H3,(H,27,29). The van der Waals surface area contributed by atoms with E-state index in [-0.39, 0.29) is 5.91 Å². The molecular weight excluding hydrogens is 372 g/mol. The average molecular weight is 409 g/mol. The second kappa shape index (κ2) is 8.20. The van der Waals surface area contributed by atoms with Crippen molar-refractivity contribution in [1.82, 2.24) is 5.16 Å². The molecule has 162 valence electrons. The Balaban J connectivity index is 1.36. The molecule has 2 saturated carbocycles. The third kappa shape index (κ3) is 4.96. The van der Waals surface area contributed by atoms with Gasteiger partial charge in [-0.3, -0.25) is 4.79 Å². The number of nitrogens with one attached hydrogen (secondary N) is 1. The molecule has 0 radical (unpaired) electrons. The van der Waals surface area contributed by atoms with E-state index in [1.807, 2.05) is 19.1 Å². The van der Waals surface area contributed by atoms with Gasteiger partial charge in [0.1, 0.15) is 5.76 Å². The predicted octanol–water partition coefficient (Wildman–Crippen LogP) is 6.67. The predicted molar refractivity (Wildman–Crippen MR) is 121 cm³/mol. The van der Waals surface area contributed by atoms with Crippen molar-refractivity contribution in [3.8, 4) is 0 Å². The Morgan fingerprint density at radius 2 is 1.90 bits per heavy atom. The summed E-state index contributed by atoms with van der Waals surface area (Å²) in [7, 11) is 0. The molecule has 0 atom stereocenters. The topological polar surface area (TPSA) is 55.1 Å². The van der Waals surface area contributed by atoms with Crippen molar-refractivity contribution >= 4 is 11.6 Å². The van der Waals surface area contributed by atoms with Gasteiger partial charge < -0.3 is 9.84 Å². The fourth-order valence-corrected chi connectivity index (χ4v) is 5.01. The first-order valence-electron chi connectivity index (χ1n) is 11.5. The number of hydrogen-bond acceptors (Lipinski definition) is 3. The number of benzene rings is 1. The molecule has 0 bridgehead atoms. The zero-order valence-electron chi connectivity index (χ0n) is 19.2. The van der Waals surface area contributed by atoms with Crippen molar-refractivity contribution in [2.45, 2.75) is 91.4 Å². The molecule has 2 fully saturated rings. The lowest BCUT2D eigenvalue weighted by Crippen LogP contribution is -2.26. The van der Waals surface area contributed by atoms with E-state index in [0.717, 1.165) is 28.6 Å². The van der Waals surface area contributed by atoms with Crippen molar-refractivity contribution < 1.29 is 9.32 Å². The fourth-order valence-electron chi connectivity index (χ4n) is 5.01. The van der Waals surface area contributed by atoms with E-state index in [1.165, 1.54) is 43.2 Å². The molecule has 2 aliphatic carbocycles. The highest BCUT2D eigenvalue weighted by atomic mass is 16.5. The monoisotopic (exact) mass is 408 g/mol. The van der Waals surface area contributed by atoms with Gasteiger partial charge in [0.25, 0.3) is 0 Å². The molecule has 2 aliphatic rings. The van der Waals surface area contributed by atoms with Crippen LogP contribution in [0.5, 0.6) is 0 Å². The Morgan fingerprint density at radius 3 is 2.53 bits per heavy atom. The second-order valence-electron chi connectivity index (χ2n) is 10.8. The van der Waals surface area contributed by atoms with Crippen molar-refractivity contribution in [3.05, 3.63) is 46.3 Å². The van der Waals surface area contributed by atoms with Crippen LogP contribution in [0.2, 0.25) is 0 Å². The molecule has 0 aliphatic heterocycles. The number of carbonyl (C=O) groups excluding carboxylic acids is 1.